The summed E-state index contributed by atoms with van der Waals surface area (Å²) in [7, 11) is 3.00. The second-order valence-electron chi connectivity index (χ2n) is 5.52. The zero-order valence-electron chi connectivity index (χ0n) is 15.5. The van der Waals surface area contributed by atoms with E-state index in [1.165, 1.54) is 32.4 Å². The summed E-state index contributed by atoms with van der Waals surface area (Å²) in [5.74, 6) is -0.432. The summed E-state index contributed by atoms with van der Waals surface area (Å²) in [5, 5.41) is 13.5. The fourth-order valence-corrected chi connectivity index (χ4v) is 2.41. The summed E-state index contributed by atoms with van der Waals surface area (Å²) >= 11 is 5.71. The van der Waals surface area contributed by atoms with E-state index in [0.29, 0.717) is 17.1 Å². The first-order chi connectivity index (χ1) is 13.8. The molecule has 0 saturated carbocycles. The average molecular weight is 421 g/mol. The van der Waals surface area contributed by atoms with Crippen molar-refractivity contribution >= 4 is 40.9 Å². The molecule has 0 heterocycles. The van der Waals surface area contributed by atoms with Gasteiger partial charge in [0.05, 0.1) is 19.1 Å². The number of benzene rings is 2. The molecular formula is C19H17ClN2O7. The van der Waals surface area contributed by atoms with E-state index < -0.39 is 23.4 Å². The molecule has 0 aliphatic heterocycles. The van der Waals surface area contributed by atoms with Gasteiger partial charge in [-0.1, -0.05) is 11.6 Å². The summed E-state index contributed by atoms with van der Waals surface area (Å²) in [4.78, 5) is 34.1. The van der Waals surface area contributed by atoms with Gasteiger partial charge in [0.2, 0.25) is 0 Å². The zero-order valence-corrected chi connectivity index (χ0v) is 16.3. The van der Waals surface area contributed by atoms with Gasteiger partial charge in [-0.05, 0) is 30.3 Å². The molecule has 9 nitrogen and oxygen atoms in total. The number of nitrogens with one attached hydrogen (secondary N) is 1. The highest BCUT2D eigenvalue weighted by Crippen LogP contribution is 2.28. The Hall–Kier alpha value is -3.59. The van der Waals surface area contributed by atoms with E-state index in [1.54, 1.807) is 18.2 Å². The number of ether oxygens (including phenoxy) is 3. The van der Waals surface area contributed by atoms with E-state index in [2.05, 4.69) is 5.32 Å². The number of hydrogen-bond donors (Lipinski definition) is 1. The van der Waals surface area contributed by atoms with Crippen LogP contribution in [0.15, 0.2) is 42.5 Å². The van der Waals surface area contributed by atoms with Crippen LogP contribution in [0.1, 0.15) is 5.56 Å². The second kappa shape index (κ2) is 10.1. The molecule has 0 radical (unpaired) electrons. The first-order valence-corrected chi connectivity index (χ1v) is 8.52. The molecule has 2 aromatic rings. The van der Waals surface area contributed by atoms with Gasteiger partial charge < -0.3 is 19.5 Å². The van der Waals surface area contributed by atoms with E-state index in [0.717, 1.165) is 12.1 Å². The van der Waals surface area contributed by atoms with Crippen molar-refractivity contribution in [3.63, 3.8) is 0 Å². The number of amides is 1. The number of rotatable bonds is 8. The van der Waals surface area contributed by atoms with Crippen LogP contribution in [0.5, 0.6) is 11.5 Å². The van der Waals surface area contributed by atoms with Crippen molar-refractivity contribution in [1.29, 1.82) is 0 Å². The summed E-state index contributed by atoms with van der Waals surface area (Å²) in [6.45, 7) is -0.622. The topological polar surface area (TPSA) is 117 Å². The highest BCUT2D eigenvalue weighted by molar-refractivity contribution is 6.31. The monoisotopic (exact) mass is 420 g/mol. The van der Waals surface area contributed by atoms with E-state index in [4.69, 9.17) is 25.8 Å². The van der Waals surface area contributed by atoms with Crippen molar-refractivity contribution in [2.45, 2.75) is 0 Å². The van der Waals surface area contributed by atoms with Gasteiger partial charge in [0.25, 0.3) is 11.6 Å². The SMILES string of the molecule is COc1ccc(/C=C/C(=O)OCC(=O)Nc2ccc(Cl)cc2[N+](=O)[O-])c(OC)c1. The van der Waals surface area contributed by atoms with Crippen molar-refractivity contribution < 1.29 is 28.7 Å². The number of carbonyl (C=O) groups is 2. The lowest BCUT2D eigenvalue weighted by Gasteiger charge is -2.07. The van der Waals surface area contributed by atoms with Crippen molar-refractivity contribution in [3.8, 4) is 11.5 Å². The van der Waals surface area contributed by atoms with E-state index in [-0.39, 0.29) is 16.4 Å². The van der Waals surface area contributed by atoms with Crippen LogP contribution >= 0.6 is 11.6 Å². The predicted molar refractivity (Wildman–Crippen MR) is 106 cm³/mol. The number of nitrogens with zero attached hydrogens (tertiary/aromatic N) is 1. The Bertz CT molecular complexity index is 960. The van der Waals surface area contributed by atoms with Crippen molar-refractivity contribution in [3.05, 3.63) is 63.2 Å². The van der Waals surface area contributed by atoms with Crippen LogP contribution in [0, 0.1) is 10.1 Å². The Morgan fingerprint density at radius 2 is 1.93 bits per heavy atom. The first kappa shape index (κ1) is 21.7. The van der Waals surface area contributed by atoms with Crippen LogP contribution in [-0.4, -0.2) is 37.6 Å². The van der Waals surface area contributed by atoms with Gasteiger partial charge in [-0.2, -0.15) is 0 Å². The minimum Gasteiger partial charge on any atom is -0.497 e. The summed E-state index contributed by atoms with van der Waals surface area (Å²) in [6, 6.07) is 8.82. The molecule has 2 rings (SSSR count). The maximum atomic E-state index is 11.9. The number of nitro groups is 1. The normalized spacial score (nSPS) is 10.4. The molecule has 0 spiro atoms. The largest absolute Gasteiger partial charge is 0.497 e. The highest BCUT2D eigenvalue weighted by atomic mass is 35.5. The third-order valence-electron chi connectivity index (χ3n) is 3.62. The molecule has 0 aliphatic carbocycles. The van der Waals surface area contributed by atoms with Gasteiger partial charge in [-0.25, -0.2) is 4.79 Å². The van der Waals surface area contributed by atoms with Crippen LogP contribution < -0.4 is 14.8 Å². The van der Waals surface area contributed by atoms with Crippen molar-refractivity contribution in [1.82, 2.24) is 0 Å². The number of halogens is 1. The number of hydrogen-bond acceptors (Lipinski definition) is 7. The minimum absolute atomic E-state index is 0.0565. The van der Waals surface area contributed by atoms with Gasteiger partial charge in [0, 0.05) is 28.8 Å². The average Bonchev–Trinajstić information content (AvgIpc) is 2.71. The molecule has 0 atom stereocenters. The van der Waals surface area contributed by atoms with Crippen molar-refractivity contribution in [2.24, 2.45) is 0 Å². The smallest absolute Gasteiger partial charge is 0.331 e. The molecule has 1 N–H and O–H groups in total. The molecule has 1 amide bonds. The standard InChI is InChI=1S/C19H17ClN2O7/c1-27-14-6-3-12(17(10-14)28-2)4-8-19(24)29-11-18(23)21-15-7-5-13(20)9-16(15)22(25)26/h3-10H,11H2,1-2H3,(H,21,23)/b8-4+. The van der Waals surface area contributed by atoms with Gasteiger partial charge in [0.15, 0.2) is 6.61 Å². The molecule has 0 bridgehead atoms. The Labute approximate surface area is 171 Å². The molecule has 2 aromatic carbocycles. The van der Waals surface area contributed by atoms with Crippen LogP contribution in [0.2, 0.25) is 5.02 Å². The minimum atomic E-state index is -0.774. The number of esters is 1. The van der Waals surface area contributed by atoms with E-state index in [9.17, 15) is 19.7 Å². The summed E-state index contributed by atoms with van der Waals surface area (Å²) in [5.41, 5.74) is 0.175. The molecular weight excluding hydrogens is 404 g/mol. The Balaban J connectivity index is 1.95. The third-order valence-corrected chi connectivity index (χ3v) is 3.85. The molecule has 0 unspecified atom stereocenters. The van der Waals surface area contributed by atoms with Gasteiger partial charge in [0.1, 0.15) is 17.2 Å². The fraction of sp³-hybridized carbons (Fsp3) is 0.158. The van der Waals surface area contributed by atoms with Gasteiger partial charge in [-0.3, -0.25) is 14.9 Å². The van der Waals surface area contributed by atoms with Crippen LogP contribution in [0.4, 0.5) is 11.4 Å². The molecule has 0 saturated heterocycles. The maximum Gasteiger partial charge on any atom is 0.331 e. The number of nitro benzene ring substituents is 1. The quantitative estimate of drug-likeness (QED) is 0.301. The lowest BCUT2D eigenvalue weighted by atomic mass is 10.2. The number of anilines is 1. The number of methoxy groups -OCH3 is 2. The van der Waals surface area contributed by atoms with Gasteiger partial charge in [-0.15, -0.1) is 0 Å². The summed E-state index contributed by atoms with van der Waals surface area (Å²) < 4.78 is 15.1. The van der Waals surface area contributed by atoms with Crippen LogP contribution in [-0.2, 0) is 14.3 Å². The first-order valence-electron chi connectivity index (χ1n) is 8.14. The molecule has 0 aromatic heterocycles. The van der Waals surface area contributed by atoms with Crippen LogP contribution in [0.25, 0.3) is 6.08 Å². The maximum absolute atomic E-state index is 11.9. The molecule has 0 aliphatic rings. The lowest BCUT2D eigenvalue weighted by Crippen LogP contribution is -2.20. The number of carbonyl (C=O) groups excluding carboxylic acids is 2. The Kier molecular flexibility index (Phi) is 7.55. The Morgan fingerprint density at radius 1 is 1.17 bits per heavy atom. The molecule has 152 valence electrons. The van der Waals surface area contributed by atoms with Gasteiger partial charge >= 0.3 is 5.97 Å². The Morgan fingerprint density at radius 3 is 2.59 bits per heavy atom. The molecule has 29 heavy (non-hydrogen) atoms. The second-order valence-corrected chi connectivity index (χ2v) is 5.95. The van der Waals surface area contributed by atoms with E-state index in [1.807, 2.05) is 0 Å². The summed E-state index contributed by atoms with van der Waals surface area (Å²) in [6.07, 6.45) is 2.59. The van der Waals surface area contributed by atoms with E-state index >= 15 is 0 Å². The highest BCUT2D eigenvalue weighted by Gasteiger charge is 2.17. The lowest BCUT2D eigenvalue weighted by molar-refractivity contribution is -0.383. The third kappa shape index (κ3) is 6.22. The molecule has 10 heteroatoms. The van der Waals surface area contributed by atoms with Crippen molar-refractivity contribution in [2.75, 3.05) is 26.1 Å². The molecule has 0 fully saturated rings. The van der Waals surface area contributed by atoms with Crippen LogP contribution in [0.3, 0.4) is 0 Å². The zero-order chi connectivity index (χ0) is 21.4. The predicted octanol–water partition coefficient (Wildman–Crippen LogP) is 3.46. The fourth-order valence-electron chi connectivity index (χ4n) is 2.25.